The topological polar surface area (TPSA) is 53.6 Å². The van der Waals surface area contributed by atoms with Crippen molar-refractivity contribution in [1.29, 1.82) is 0 Å². The van der Waals surface area contributed by atoms with E-state index in [1.54, 1.807) is 0 Å². The van der Waals surface area contributed by atoms with Crippen LogP contribution in [0.1, 0.15) is 64.7 Å². The van der Waals surface area contributed by atoms with E-state index >= 15 is 0 Å². The first-order chi connectivity index (χ1) is 10.3. The lowest BCUT2D eigenvalue weighted by atomic mass is 9.94. The summed E-state index contributed by atoms with van der Waals surface area (Å²) in [7, 11) is 0. The summed E-state index contributed by atoms with van der Waals surface area (Å²) in [5, 5.41) is 3.43. The SMILES string of the molecule is CCN1CCC(CCN=C(N)NC2CCCCCC2)CC1. The Kier molecular flexibility index (Phi) is 7.34. The first-order valence-corrected chi connectivity index (χ1v) is 9.06. The van der Waals surface area contributed by atoms with Gasteiger partial charge in [0.1, 0.15) is 0 Å². The third kappa shape index (κ3) is 6.25. The molecule has 0 aromatic rings. The quantitative estimate of drug-likeness (QED) is 0.466. The second-order valence-electron chi connectivity index (χ2n) is 6.77. The lowest BCUT2D eigenvalue weighted by Gasteiger charge is -2.30. The van der Waals surface area contributed by atoms with Crippen LogP contribution in [-0.4, -0.2) is 43.1 Å². The first kappa shape index (κ1) is 16.6. The van der Waals surface area contributed by atoms with Crippen molar-refractivity contribution in [2.24, 2.45) is 16.6 Å². The minimum atomic E-state index is 0.559. The van der Waals surface area contributed by atoms with Crippen LogP contribution in [0.15, 0.2) is 4.99 Å². The highest BCUT2D eigenvalue weighted by Gasteiger charge is 2.17. The minimum absolute atomic E-state index is 0.559. The van der Waals surface area contributed by atoms with Gasteiger partial charge in [0.05, 0.1) is 0 Å². The average molecular weight is 294 g/mol. The largest absolute Gasteiger partial charge is 0.370 e. The van der Waals surface area contributed by atoms with E-state index in [-0.39, 0.29) is 0 Å². The van der Waals surface area contributed by atoms with Crippen molar-refractivity contribution < 1.29 is 0 Å². The van der Waals surface area contributed by atoms with Crippen LogP contribution in [0.5, 0.6) is 0 Å². The molecule has 0 spiro atoms. The molecule has 0 aromatic heterocycles. The van der Waals surface area contributed by atoms with Crippen molar-refractivity contribution in [3.05, 3.63) is 0 Å². The van der Waals surface area contributed by atoms with Crippen molar-refractivity contribution in [2.45, 2.75) is 70.8 Å². The Labute approximate surface area is 130 Å². The molecule has 21 heavy (non-hydrogen) atoms. The van der Waals surface area contributed by atoms with Crippen LogP contribution in [0.2, 0.25) is 0 Å². The molecule has 122 valence electrons. The number of hydrogen-bond acceptors (Lipinski definition) is 2. The van der Waals surface area contributed by atoms with Crippen LogP contribution in [0.25, 0.3) is 0 Å². The van der Waals surface area contributed by atoms with Crippen LogP contribution in [0, 0.1) is 5.92 Å². The number of hydrogen-bond donors (Lipinski definition) is 2. The smallest absolute Gasteiger partial charge is 0.188 e. The number of rotatable bonds is 5. The van der Waals surface area contributed by atoms with Gasteiger partial charge in [-0.05, 0) is 57.7 Å². The third-order valence-electron chi connectivity index (χ3n) is 5.18. The van der Waals surface area contributed by atoms with Crippen LogP contribution in [0.4, 0.5) is 0 Å². The Morgan fingerprint density at radius 2 is 1.76 bits per heavy atom. The molecule has 4 nitrogen and oxygen atoms in total. The molecule has 2 fully saturated rings. The molecule has 1 aliphatic carbocycles. The molecule has 2 aliphatic rings. The molecule has 3 N–H and O–H groups in total. The normalized spacial score (nSPS) is 24.0. The van der Waals surface area contributed by atoms with Crippen molar-refractivity contribution in [1.82, 2.24) is 10.2 Å². The molecule has 0 aromatic carbocycles. The fourth-order valence-corrected chi connectivity index (χ4v) is 3.64. The van der Waals surface area contributed by atoms with E-state index in [1.165, 1.54) is 77.4 Å². The van der Waals surface area contributed by atoms with Crippen LogP contribution >= 0.6 is 0 Å². The number of aliphatic imine (C=N–C) groups is 1. The summed E-state index contributed by atoms with van der Waals surface area (Å²) in [6.07, 6.45) is 11.8. The van der Waals surface area contributed by atoms with E-state index < -0.39 is 0 Å². The van der Waals surface area contributed by atoms with E-state index in [1.807, 2.05) is 0 Å². The monoisotopic (exact) mass is 294 g/mol. The maximum atomic E-state index is 6.05. The maximum absolute atomic E-state index is 6.05. The molecule has 0 bridgehead atoms. The van der Waals surface area contributed by atoms with Gasteiger partial charge >= 0.3 is 0 Å². The molecule has 2 rings (SSSR count). The van der Waals surface area contributed by atoms with Gasteiger partial charge in [0.25, 0.3) is 0 Å². The van der Waals surface area contributed by atoms with E-state index in [0.717, 1.165) is 12.5 Å². The van der Waals surface area contributed by atoms with Gasteiger partial charge < -0.3 is 16.0 Å². The van der Waals surface area contributed by atoms with Crippen LogP contribution < -0.4 is 11.1 Å². The Bertz CT molecular complexity index is 300. The molecular formula is C17H34N4. The maximum Gasteiger partial charge on any atom is 0.188 e. The molecule has 1 heterocycles. The summed E-state index contributed by atoms with van der Waals surface area (Å²) < 4.78 is 0. The molecule has 1 aliphatic heterocycles. The number of nitrogens with two attached hydrogens (primary N) is 1. The van der Waals surface area contributed by atoms with E-state index in [4.69, 9.17) is 5.73 Å². The fourth-order valence-electron chi connectivity index (χ4n) is 3.64. The van der Waals surface area contributed by atoms with Gasteiger partial charge in [-0.2, -0.15) is 0 Å². The summed E-state index contributed by atoms with van der Waals surface area (Å²) in [5.74, 6) is 1.52. The van der Waals surface area contributed by atoms with Gasteiger partial charge in [0, 0.05) is 12.6 Å². The van der Waals surface area contributed by atoms with E-state index in [0.29, 0.717) is 12.0 Å². The number of nitrogens with one attached hydrogen (secondary N) is 1. The molecule has 0 unspecified atom stereocenters. The Morgan fingerprint density at radius 1 is 1.10 bits per heavy atom. The standard InChI is InChI=1S/C17H34N4/c1-2-21-13-10-15(11-14-21)9-12-19-17(18)20-16-7-5-3-4-6-8-16/h15-16H,2-14H2,1H3,(H3,18,19,20). The molecule has 4 heteroatoms. The van der Waals surface area contributed by atoms with Gasteiger partial charge in [-0.15, -0.1) is 0 Å². The third-order valence-corrected chi connectivity index (χ3v) is 5.18. The summed E-state index contributed by atoms with van der Waals surface area (Å²) in [5.41, 5.74) is 6.05. The average Bonchev–Trinajstić information content (AvgIpc) is 2.76. The van der Waals surface area contributed by atoms with Crippen molar-refractivity contribution >= 4 is 5.96 Å². The number of guanidine groups is 1. The van der Waals surface area contributed by atoms with Gasteiger partial charge in [-0.3, -0.25) is 4.99 Å². The van der Waals surface area contributed by atoms with Gasteiger partial charge in [-0.1, -0.05) is 32.6 Å². The molecule has 0 atom stereocenters. The van der Waals surface area contributed by atoms with Crippen molar-refractivity contribution in [3.63, 3.8) is 0 Å². The second-order valence-corrected chi connectivity index (χ2v) is 6.77. The number of piperidine rings is 1. The predicted molar refractivity (Wildman–Crippen MR) is 90.6 cm³/mol. The summed E-state index contributed by atoms with van der Waals surface area (Å²) in [6.45, 7) is 6.87. The highest BCUT2D eigenvalue weighted by Crippen LogP contribution is 2.20. The summed E-state index contributed by atoms with van der Waals surface area (Å²) in [6, 6.07) is 0.559. The highest BCUT2D eigenvalue weighted by molar-refractivity contribution is 5.78. The van der Waals surface area contributed by atoms with E-state index in [9.17, 15) is 0 Å². The number of nitrogens with zero attached hydrogens (tertiary/aromatic N) is 2. The zero-order valence-corrected chi connectivity index (χ0v) is 13.8. The Balaban J connectivity index is 1.62. The van der Waals surface area contributed by atoms with Crippen molar-refractivity contribution in [2.75, 3.05) is 26.2 Å². The minimum Gasteiger partial charge on any atom is -0.370 e. The Morgan fingerprint density at radius 3 is 2.38 bits per heavy atom. The summed E-state index contributed by atoms with van der Waals surface area (Å²) >= 11 is 0. The van der Waals surface area contributed by atoms with Crippen LogP contribution in [0.3, 0.4) is 0 Å². The lowest BCUT2D eigenvalue weighted by Crippen LogP contribution is -2.40. The lowest BCUT2D eigenvalue weighted by molar-refractivity contribution is 0.188. The molecule has 1 saturated heterocycles. The fraction of sp³-hybridized carbons (Fsp3) is 0.941. The highest BCUT2D eigenvalue weighted by atomic mass is 15.1. The zero-order chi connectivity index (χ0) is 14.9. The summed E-state index contributed by atoms with van der Waals surface area (Å²) in [4.78, 5) is 7.10. The molecular weight excluding hydrogens is 260 g/mol. The first-order valence-electron chi connectivity index (χ1n) is 9.06. The van der Waals surface area contributed by atoms with Crippen molar-refractivity contribution in [3.8, 4) is 0 Å². The van der Waals surface area contributed by atoms with Gasteiger partial charge in [-0.25, -0.2) is 0 Å². The number of likely N-dealkylation sites (tertiary alicyclic amines) is 1. The molecule has 0 radical (unpaired) electrons. The van der Waals surface area contributed by atoms with Crippen LogP contribution in [-0.2, 0) is 0 Å². The molecule has 0 amide bonds. The molecule has 1 saturated carbocycles. The zero-order valence-electron chi connectivity index (χ0n) is 13.8. The van der Waals surface area contributed by atoms with Gasteiger partial charge in [0.2, 0.25) is 0 Å². The second kappa shape index (κ2) is 9.29. The predicted octanol–water partition coefficient (Wildman–Crippen LogP) is 2.74. The van der Waals surface area contributed by atoms with E-state index in [2.05, 4.69) is 22.1 Å². The van der Waals surface area contributed by atoms with Gasteiger partial charge in [0.15, 0.2) is 5.96 Å². The Hall–Kier alpha value is -0.770.